The lowest BCUT2D eigenvalue weighted by Gasteiger charge is -2.04. The first-order valence-electron chi connectivity index (χ1n) is 6.67. The number of carboxylic acid groups (broad SMARTS) is 1. The highest BCUT2D eigenvalue weighted by Crippen LogP contribution is 2.33. The van der Waals surface area contributed by atoms with Gasteiger partial charge in [-0.25, -0.2) is 0 Å². The highest BCUT2D eigenvalue weighted by atomic mass is 32.2. The summed E-state index contributed by atoms with van der Waals surface area (Å²) in [6, 6.07) is 2.38. The molecule has 1 saturated heterocycles. The Labute approximate surface area is 144 Å². The Balaban J connectivity index is 2.20. The molecule has 0 saturated carbocycles. The molecule has 1 heterocycles. The van der Waals surface area contributed by atoms with Crippen LogP contribution in [0.5, 0.6) is 11.5 Å². The van der Waals surface area contributed by atoms with Crippen molar-refractivity contribution < 1.29 is 29.5 Å². The lowest BCUT2D eigenvalue weighted by Crippen LogP contribution is -2.26. The van der Waals surface area contributed by atoms with Crippen LogP contribution < -0.4 is 10.1 Å². The van der Waals surface area contributed by atoms with Gasteiger partial charge in [0.1, 0.15) is 11.0 Å². The van der Waals surface area contributed by atoms with Gasteiger partial charge < -0.3 is 20.3 Å². The van der Waals surface area contributed by atoms with Gasteiger partial charge in [0, 0.05) is 5.56 Å². The molecule has 0 radical (unpaired) electrons. The molecule has 1 aliphatic rings. The number of thioether (sulfide) groups is 1. The molecule has 0 aromatic heterocycles. The Hall–Kier alpha value is -3.15. The minimum atomic E-state index is -1.12. The van der Waals surface area contributed by atoms with Gasteiger partial charge in [-0.15, -0.1) is 5.10 Å². The molecule has 1 aromatic carbocycles. The van der Waals surface area contributed by atoms with Crippen molar-refractivity contribution in [1.29, 1.82) is 0 Å². The zero-order valence-electron chi connectivity index (χ0n) is 12.7. The van der Waals surface area contributed by atoms with E-state index in [1.54, 1.807) is 0 Å². The number of rotatable bonds is 6. The Bertz CT molecular complexity index is 793. The van der Waals surface area contributed by atoms with Gasteiger partial charge in [0.05, 0.1) is 30.7 Å². The maximum absolute atomic E-state index is 11.6. The highest BCUT2D eigenvalue weighted by molar-refractivity contribution is 8.15. The first kappa shape index (κ1) is 18.2. The van der Waals surface area contributed by atoms with Crippen molar-refractivity contribution >= 4 is 40.7 Å². The first-order chi connectivity index (χ1) is 11.8. The van der Waals surface area contributed by atoms with Crippen molar-refractivity contribution in [3.05, 3.63) is 27.8 Å². The molecule has 1 unspecified atom stereocenters. The number of amidine groups is 1. The van der Waals surface area contributed by atoms with E-state index in [0.717, 1.165) is 24.0 Å². The summed E-state index contributed by atoms with van der Waals surface area (Å²) in [7, 11) is 1.31. The molecule has 132 valence electrons. The average Bonchev–Trinajstić information content (AvgIpc) is 2.87. The number of nitro groups is 1. The number of amides is 1. The third-order valence-electron chi connectivity index (χ3n) is 3.01. The average molecular weight is 368 g/mol. The summed E-state index contributed by atoms with van der Waals surface area (Å²) in [6.45, 7) is 0. The van der Waals surface area contributed by atoms with Crippen molar-refractivity contribution in [2.45, 2.75) is 11.7 Å². The molecular weight excluding hydrogens is 356 g/mol. The van der Waals surface area contributed by atoms with Crippen molar-refractivity contribution in [3.8, 4) is 11.5 Å². The largest absolute Gasteiger partial charge is 0.502 e. The predicted octanol–water partition coefficient (Wildman–Crippen LogP) is 0.705. The summed E-state index contributed by atoms with van der Waals surface area (Å²) in [4.78, 5) is 32.3. The van der Waals surface area contributed by atoms with Crippen molar-refractivity contribution in [3.63, 3.8) is 0 Å². The number of aromatic hydroxyl groups is 1. The molecule has 1 aliphatic heterocycles. The topological polar surface area (TPSA) is 164 Å². The number of carbonyl (C=O) groups excluding carboxylic acids is 1. The van der Waals surface area contributed by atoms with Crippen LogP contribution >= 0.6 is 11.8 Å². The fourth-order valence-corrected chi connectivity index (χ4v) is 2.77. The van der Waals surface area contributed by atoms with Gasteiger partial charge >= 0.3 is 11.7 Å². The monoisotopic (exact) mass is 368 g/mol. The smallest absolute Gasteiger partial charge is 0.315 e. The number of nitrogens with one attached hydrogen (secondary N) is 1. The minimum Gasteiger partial charge on any atom is -0.502 e. The van der Waals surface area contributed by atoms with Crippen molar-refractivity contribution in [2.24, 2.45) is 10.2 Å². The van der Waals surface area contributed by atoms with Gasteiger partial charge in [-0.1, -0.05) is 11.8 Å². The molecule has 0 bridgehead atoms. The summed E-state index contributed by atoms with van der Waals surface area (Å²) in [6.07, 6.45) is 0.692. The molecule has 1 aromatic rings. The fourth-order valence-electron chi connectivity index (χ4n) is 1.86. The maximum atomic E-state index is 11.6. The van der Waals surface area contributed by atoms with Gasteiger partial charge in [-0.3, -0.25) is 19.7 Å². The maximum Gasteiger partial charge on any atom is 0.315 e. The summed E-state index contributed by atoms with van der Waals surface area (Å²) in [5, 5.41) is 38.5. The van der Waals surface area contributed by atoms with Gasteiger partial charge in [0.25, 0.3) is 0 Å². The van der Waals surface area contributed by atoms with Crippen LogP contribution in [0.25, 0.3) is 0 Å². The second-order valence-corrected chi connectivity index (χ2v) is 5.88. The number of phenols is 1. The van der Waals surface area contributed by atoms with Crippen LogP contribution in [0.15, 0.2) is 22.3 Å². The minimum absolute atomic E-state index is 0.00758. The molecule has 3 N–H and O–H groups in total. The van der Waals surface area contributed by atoms with Crippen LogP contribution in [-0.4, -0.2) is 50.8 Å². The molecule has 1 fully saturated rings. The van der Waals surface area contributed by atoms with Crippen LogP contribution in [-0.2, 0) is 9.59 Å². The number of ether oxygens (including phenoxy) is 1. The summed E-state index contributed by atoms with van der Waals surface area (Å²) in [5.74, 6) is -2.09. The van der Waals surface area contributed by atoms with Crippen LogP contribution in [0.4, 0.5) is 5.69 Å². The zero-order chi connectivity index (χ0) is 18.6. The normalized spacial score (nSPS) is 18.5. The van der Waals surface area contributed by atoms with Gasteiger partial charge in [-0.2, -0.15) is 5.10 Å². The molecule has 1 atom stereocenters. The molecule has 0 aliphatic carbocycles. The number of aliphatic carboxylic acids is 1. The summed E-state index contributed by atoms with van der Waals surface area (Å²) >= 11 is 0.901. The third kappa shape index (κ3) is 4.44. The molecule has 1 amide bonds. The number of carboxylic acids is 1. The molecule has 11 nitrogen and oxygen atoms in total. The van der Waals surface area contributed by atoms with Gasteiger partial charge in [0.15, 0.2) is 5.17 Å². The predicted molar refractivity (Wildman–Crippen MR) is 88.1 cm³/mol. The molecule has 0 spiro atoms. The van der Waals surface area contributed by atoms with E-state index in [1.807, 2.05) is 0 Å². The molecule has 2 rings (SSSR count). The van der Waals surface area contributed by atoms with E-state index < -0.39 is 33.5 Å². The second kappa shape index (κ2) is 7.61. The number of hydrogen-bond donors (Lipinski definition) is 3. The Kier molecular flexibility index (Phi) is 5.54. The number of phenolic OH excluding ortho intramolecular Hbond substituents is 1. The van der Waals surface area contributed by atoms with Crippen LogP contribution in [0, 0.1) is 10.1 Å². The quantitative estimate of drug-likeness (QED) is 0.375. The Morgan fingerprint density at radius 1 is 1.56 bits per heavy atom. The number of carbonyl (C=O) groups is 2. The second-order valence-electron chi connectivity index (χ2n) is 4.68. The third-order valence-corrected chi connectivity index (χ3v) is 4.08. The van der Waals surface area contributed by atoms with E-state index in [2.05, 4.69) is 15.5 Å². The standard InChI is InChI=1S/C13H12N4O7S/c1-24-7-2-6(11(20)8(3-7)17(22)23)5-14-16-13-15-12(21)9(25-13)4-10(18)19/h2-3,5,9,20H,4H2,1H3,(H,18,19)(H,15,16,21). The van der Waals surface area contributed by atoms with Crippen molar-refractivity contribution in [1.82, 2.24) is 5.32 Å². The zero-order valence-corrected chi connectivity index (χ0v) is 13.5. The Morgan fingerprint density at radius 2 is 2.28 bits per heavy atom. The van der Waals surface area contributed by atoms with Gasteiger partial charge in [0.2, 0.25) is 11.7 Å². The highest BCUT2D eigenvalue weighted by Gasteiger charge is 2.32. The van der Waals surface area contributed by atoms with E-state index in [0.29, 0.717) is 0 Å². The molecule has 25 heavy (non-hydrogen) atoms. The Morgan fingerprint density at radius 3 is 2.88 bits per heavy atom. The van der Waals surface area contributed by atoms with E-state index in [4.69, 9.17) is 9.84 Å². The van der Waals surface area contributed by atoms with E-state index in [1.165, 1.54) is 13.2 Å². The fraction of sp³-hybridized carbons (Fsp3) is 0.231. The lowest BCUT2D eigenvalue weighted by atomic mass is 10.1. The van der Waals surface area contributed by atoms with E-state index >= 15 is 0 Å². The summed E-state index contributed by atoms with van der Waals surface area (Å²) in [5.41, 5.74) is -0.565. The van der Waals surface area contributed by atoms with E-state index in [9.17, 15) is 24.8 Å². The SMILES string of the molecule is COc1cc(C=NN=C2NC(=O)C(CC(=O)O)S2)c(O)c([N+](=O)[O-])c1. The van der Waals surface area contributed by atoms with Crippen LogP contribution in [0.3, 0.4) is 0 Å². The number of nitrogens with zero attached hydrogens (tertiary/aromatic N) is 3. The summed E-state index contributed by atoms with van der Waals surface area (Å²) < 4.78 is 4.92. The first-order valence-corrected chi connectivity index (χ1v) is 7.55. The molecular formula is C13H12N4O7S. The van der Waals surface area contributed by atoms with Gasteiger partial charge in [-0.05, 0) is 6.07 Å². The van der Waals surface area contributed by atoms with Crippen LogP contribution in [0.1, 0.15) is 12.0 Å². The molecule has 12 heteroatoms. The lowest BCUT2D eigenvalue weighted by molar-refractivity contribution is -0.385. The number of methoxy groups -OCH3 is 1. The number of hydrogen-bond acceptors (Lipinski definition) is 9. The number of benzene rings is 1. The van der Waals surface area contributed by atoms with E-state index in [-0.39, 0.29) is 22.9 Å². The number of nitro benzene ring substituents is 1. The van der Waals surface area contributed by atoms with Crippen LogP contribution in [0.2, 0.25) is 0 Å². The van der Waals surface area contributed by atoms with Crippen molar-refractivity contribution in [2.75, 3.05) is 7.11 Å².